The Morgan fingerprint density at radius 1 is 1.48 bits per heavy atom. The molecule has 7 nitrogen and oxygen atoms in total. The summed E-state index contributed by atoms with van der Waals surface area (Å²) in [7, 11) is 0. The SMILES string of the molecule is CCCN(CCO)c1cc(N2CC(CNC(C)=O)OC2=O)ccc1F. The van der Waals surface area contributed by atoms with Gasteiger partial charge in [0.25, 0.3) is 0 Å². The summed E-state index contributed by atoms with van der Waals surface area (Å²) < 4.78 is 19.5. The number of nitrogens with zero attached hydrogens (tertiary/aromatic N) is 2. The maximum absolute atomic E-state index is 14.2. The van der Waals surface area contributed by atoms with Crippen molar-refractivity contribution in [1.29, 1.82) is 0 Å². The number of rotatable bonds is 8. The van der Waals surface area contributed by atoms with Crippen molar-refractivity contribution in [2.24, 2.45) is 0 Å². The lowest BCUT2D eigenvalue weighted by molar-refractivity contribution is -0.119. The van der Waals surface area contributed by atoms with Crippen molar-refractivity contribution in [2.75, 3.05) is 42.6 Å². The number of halogens is 1. The predicted molar refractivity (Wildman–Crippen MR) is 92.3 cm³/mol. The van der Waals surface area contributed by atoms with Gasteiger partial charge in [-0.2, -0.15) is 0 Å². The molecule has 25 heavy (non-hydrogen) atoms. The van der Waals surface area contributed by atoms with E-state index in [0.29, 0.717) is 24.5 Å². The number of nitrogens with one attached hydrogen (secondary N) is 1. The highest BCUT2D eigenvalue weighted by Gasteiger charge is 2.32. The van der Waals surface area contributed by atoms with Gasteiger partial charge in [-0.3, -0.25) is 9.69 Å². The lowest BCUT2D eigenvalue weighted by Crippen LogP contribution is -2.33. The maximum Gasteiger partial charge on any atom is 0.414 e. The molecule has 8 heteroatoms. The van der Waals surface area contributed by atoms with E-state index in [-0.39, 0.29) is 25.6 Å². The molecule has 0 aliphatic carbocycles. The third kappa shape index (κ3) is 4.82. The van der Waals surface area contributed by atoms with Crippen molar-refractivity contribution in [2.45, 2.75) is 26.4 Å². The Morgan fingerprint density at radius 3 is 2.88 bits per heavy atom. The summed E-state index contributed by atoms with van der Waals surface area (Å²) in [5.41, 5.74) is 0.859. The van der Waals surface area contributed by atoms with E-state index < -0.39 is 18.0 Å². The first-order chi connectivity index (χ1) is 12.0. The number of aliphatic hydroxyl groups is 1. The number of hydrogen-bond donors (Lipinski definition) is 2. The van der Waals surface area contributed by atoms with Crippen LogP contribution in [0, 0.1) is 5.82 Å². The standard InChI is InChI=1S/C17H24FN3O4/c1-3-6-20(7-8-22)16-9-13(4-5-15(16)18)21-11-14(25-17(21)24)10-19-12(2)23/h4-5,9,14,22H,3,6-8,10-11H2,1-2H3,(H,19,23). The van der Waals surface area contributed by atoms with E-state index in [1.807, 2.05) is 6.92 Å². The summed E-state index contributed by atoms with van der Waals surface area (Å²) in [4.78, 5) is 26.2. The fraction of sp³-hybridized carbons (Fsp3) is 0.529. The molecule has 0 aromatic heterocycles. The molecule has 1 aromatic carbocycles. The zero-order valence-electron chi connectivity index (χ0n) is 14.5. The van der Waals surface area contributed by atoms with Crippen molar-refractivity contribution < 1.29 is 23.8 Å². The van der Waals surface area contributed by atoms with Gasteiger partial charge in [-0.1, -0.05) is 6.92 Å². The number of carbonyl (C=O) groups is 2. The highest BCUT2D eigenvalue weighted by Crippen LogP contribution is 2.29. The number of aliphatic hydroxyl groups excluding tert-OH is 1. The fourth-order valence-electron chi connectivity index (χ4n) is 2.75. The van der Waals surface area contributed by atoms with Crippen LogP contribution < -0.4 is 15.1 Å². The number of cyclic esters (lactones) is 1. The Balaban J connectivity index is 2.18. The number of carbonyl (C=O) groups excluding carboxylic acids is 2. The molecule has 2 N–H and O–H groups in total. The Hall–Kier alpha value is -2.35. The van der Waals surface area contributed by atoms with Gasteiger partial charge < -0.3 is 20.1 Å². The highest BCUT2D eigenvalue weighted by atomic mass is 19.1. The second-order valence-electron chi connectivity index (χ2n) is 5.90. The molecular formula is C17H24FN3O4. The second-order valence-corrected chi connectivity index (χ2v) is 5.90. The van der Waals surface area contributed by atoms with Gasteiger partial charge >= 0.3 is 6.09 Å². The average molecular weight is 353 g/mol. The maximum atomic E-state index is 14.2. The highest BCUT2D eigenvalue weighted by molar-refractivity contribution is 5.90. The molecule has 1 aromatic rings. The van der Waals surface area contributed by atoms with Crippen molar-refractivity contribution in [1.82, 2.24) is 5.32 Å². The van der Waals surface area contributed by atoms with Crippen LogP contribution in [0.2, 0.25) is 0 Å². The van der Waals surface area contributed by atoms with Crippen LogP contribution in [0.3, 0.4) is 0 Å². The molecule has 1 saturated heterocycles. The normalized spacial score (nSPS) is 16.7. The van der Waals surface area contributed by atoms with Crippen molar-refractivity contribution >= 4 is 23.4 Å². The molecule has 1 aliphatic heterocycles. The summed E-state index contributed by atoms with van der Waals surface area (Å²) in [5, 5.41) is 11.8. The van der Waals surface area contributed by atoms with E-state index in [1.165, 1.54) is 24.0 Å². The lowest BCUT2D eigenvalue weighted by atomic mass is 10.2. The topological polar surface area (TPSA) is 82.1 Å². The first-order valence-electron chi connectivity index (χ1n) is 8.34. The number of benzene rings is 1. The Morgan fingerprint density at radius 2 is 2.24 bits per heavy atom. The largest absolute Gasteiger partial charge is 0.442 e. The van der Waals surface area contributed by atoms with Crippen LogP contribution in [-0.2, 0) is 9.53 Å². The van der Waals surface area contributed by atoms with Crippen molar-refractivity contribution in [3.05, 3.63) is 24.0 Å². The molecule has 1 fully saturated rings. The quantitative estimate of drug-likeness (QED) is 0.740. The first kappa shape index (κ1) is 19.0. The van der Waals surface area contributed by atoms with Crippen LogP contribution >= 0.6 is 0 Å². The van der Waals surface area contributed by atoms with E-state index in [4.69, 9.17) is 4.74 Å². The minimum Gasteiger partial charge on any atom is -0.442 e. The second kappa shape index (κ2) is 8.66. The number of hydrogen-bond acceptors (Lipinski definition) is 5. The fourth-order valence-corrected chi connectivity index (χ4v) is 2.75. The summed E-state index contributed by atoms with van der Waals surface area (Å²) >= 11 is 0. The Labute approximate surface area is 146 Å². The van der Waals surface area contributed by atoms with Gasteiger partial charge in [0, 0.05) is 25.7 Å². The monoisotopic (exact) mass is 353 g/mol. The van der Waals surface area contributed by atoms with Gasteiger partial charge in [0.15, 0.2) is 0 Å². The van der Waals surface area contributed by atoms with Gasteiger partial charge in [0.1, 0.15) is 11.9 Å². The molecule has 0 bridgehead atoms. The molecule has 1 atom stereocenters. The molecule has 1 heterocycles. The summed E-state index contributed by atoms with van der Waals surface area (Å²) in [6, 6.07) is 4.41. The van der Waals surface area contributed by atoms with Crippen LogP contribution in [0.4, 0.5) is 20.6 Å². The third-order valence-corrected chi connectivity index (χ3v) is 3.90. The summed E-state index contributed by atoms with van der Waals surface area (Å²) in [5.74, 6) is -0.606. The number of ether oxygens (including phenoxy) is 1. The first-order valence-corrected chi connectivity index (χ1v) is 8.34. The van der Waals surface area contributed by atoms with Crippen molar-refractivity contribution in [3.8, 4) is 0 Å². The predicted octanol–water partition coefficient (Wildman–Crippen LogP) is 1.50. The zero-order valence-corrected chi connectivity index (χ0v) is 14.5. The average Bonchev–Trinajstić information content (AvgIpc) is 2.94. The van der Waals surface area contributed by atoms with Crippen LogP contribution in [0.25, 0.3) is 0 Å². The van der Waals surface area contributed by atoms with E-state index in [9.17, 15) is 19.1 Å². The molecule has 138 valence electrons. The van der Waals surface area contributed by atoms with Crippen LogP contribution in [0.5, 0.6) is 0 Å². The van der Waals surface area contributed by atoms with Gasteiger partial charge in [0.2, 0.25) is 5.91 Å². The molecule has 2 rings (SSSR count). The lowest BCUT2D eigenvalue weighted by Gasteiger charge is -2.25. The van der Waals surface area contributed by atoms with E-state index in [0.717, 1.165) is 6.42 Å². The molecular weight excluding hydrogens is 329 g/mol. The minimum absolute atomic E-state index is 0.0891. The van der Waals surface area contributed by atoms with E-state index in [2.05, 4.69) is 5.32 Å². The van der Waals surface area contributed by atoms with Gasteiger partial charge in [-0.15, -0.1) is 0 Å². The van der Waals surface area contributed by atoms with Gasteiger partial charge in [-0.05, 0) is 24.6 Å². The third-order valence-electron chi connectivity index (χ3n) is 3.90. The molecule has 2 amide bonds. The summed E-state index contributed by atoms with van der Waals surface area (Å²) in [6.07, 6.45) is -0.181. The summed E-state index contributed by atoms with van der Waals surface area (Å²) in [6.45, 7) is 4.69. The van der Waals surface area contributed by atoms with Crippen LogP contribution in [0.15, 0.2) is 18.2 Å². The molecule has 0 saturated carbocycles. The van der Waals surface area contributed by atoms with Crippen LogP contribution in [-0.4, -0.2) is 56.0 Å². The van der Waals surface area contributed by atoms with Gasteiger partial charge in [0.05, 0.1) is 25.4 Å². The Bertz CT molecular complexity index is 620. The number of amides is 2. The van der Waals surface area contributed by atoms with E-state index >= 15 is 0 Å². The Kier molecular flexibility index (Phi) is 6.58. The smallest absolute Gasteiger partial charge is 0.414 e. The number of anilines is 2. The van der Waals surface area contributed by atoms with Crippen LogP contribution in [0.1, 0.15) is 20.3 Å². The molecule has 0 radical (unpaired) electrons. The minimum atomic E-state index is -0.530. The molecule has 1 unspecified atom stereocenters. The van der Waals surface area contributed by atoms with Crippen molar-refractivity contribution in [3.63, 3.8) is 0 Å². The molecule has 0 spiro atoms. The molecule has 1 aliphatic rings. The van der Waals surface area contributed by atoms with E-state index in [1.54, 1.807) is 11.0 Å². The zero-order chi connectivity index (χ0) is 18.4. The van der Waals surface area contributed by atoms with Gasteiger partial charge in [-0.25, -0.2) is 9.18 Å².